The van der Waals surface area contributed by atoms with Gasteiger partial charge in [0.25, 0.3) is 5.56 Å². The molecular weight excluding hydrogens is 244 g/mol. The van der Waals surface area contributed by atoms with E-state index in [1.807, 2.05) is 20.8 Å². The molecule has 0 spiro atoms. The summed E-state index contributed by atoms with van der Waals surface area (Å²) >= 11 is 0. The standard InChI is InChI=1S/C11H16N4O2.C2H6/c1-4-5-6-15-10(16)8-9(12-7-13(8)2)14(3)11(15)17;1-2/h7H,4-6H2,1-3H3;1-2H3. The molecule has 0 aliphatic carbocycles. The van der Waals surface area contributed by atoms with E-state index in [0.29, 0.717) is 17.7 Å². The van der Waals surface area contributed by atoms with E-state index in [2.05, 4.69) is 4.98 Å². The van der Waals surface area contributed by atoms with E-state index in [9.17, 15) is 9.59 Å². The molecule has 2 aromatic heterocycles. The Kier molecular flexibility index (Phi) is 5.09. The number of rotatable bonds is 3. The molecule has 6 heteroatoms. The van der Waals surface area contributed by atoms with E-state index < -0.39 is 0 Å². The normalized spacial score (nSPS) is 10.4. The van der Waals surface area contributed by atoms with Gasteiger partial charge in [-0.2, -0.15) is 0 Å². The Morgan fingerprint density at radius 3 is 2.42 bits per heavy atom. The van der Waals surface area contributed by atoms with Crippen LogP contribution in [0.5, 0.6) is 0 Å². The maximum atomic E-state index is 12.2. The predicted octanol–water partition coefficient (Wildman–Crippen LogP) is 1.26. The van der Waals surface area contributed by atoms with Crippen molar-refractivity contribution in [3.63, 3.8) is 0 Å². The molecule has 0 bridgehead atoms. The van der Waals surface area contributed by atoms with Crippen molar-refractivity contribution < 1.29 is 0 Å². The first-order chi connectivity index (χ1) is 9.07. The highest BCUT2D eigenvalue weighted by atomic mass is 16.2. The van der Waals surface area contributed by atoms with E-state index in [1.165, 1.54) is 9.13 Å². The van der Waals surface area contributed by atoms with Gasteiger partial charge in [0.1, 0.15) is 0 Å². The van der Waals surface area contributed by atoms with Crippen LogP contribution in [0.25, 0.3) is 11.2 Å². The van der Waals surface area contributed by atoms with Gasteiger partial charge in [-0.3, -0.25) is 13.9 Å². The lowest BCUT2D eigenvalue weighted by atomic mass is 10.3. The van der Waals surface area contributed by atoms with E-state index in [4.69, 9.17) is 0 Å². The van der Waals surface area contributed by atoms with Crippen LogP contribution >= 0.6 is 0 Å². The smallest absolute Gasteiger partial charge is 0.328 e. The van der Waals surface area contributed by atoms with Crippen LogP contribution in [0.1, 0.15) is 33.6 Å². The summed E-state index contributed by atoms with van der Waals surface area (Å²) < 4.78 is 4.36. The van der Waals surface area contributed by atoms with Gasteiger partial charge in [0.05, 0.1) is 6.33 Å². The van der Waals surface area contributed by atoms with Crippen LogP contribution in [-0.2, 0) is 20.6 Å². The fraction of sp³-hybridized carbons (Fsp3) is 0.615. The van der Waals surface area contributed by atoms with Crippen molar-refractivity contribution in [1.82, 2.24) is 18.7 Å². The number of nitrogens with zero attached hydrogens (tertiary/aromatic N) is 4. The first-order valence-electron chi connectivity index (χ1n) is 6.68. The van der Waals surface area contributed by atoms with Crippen molar-refractivity contribution >= 4 is 11.2 Å². The van der Waals surface area contributed by atoms with Crippen molar-refractivity contribution in [3.8, 4) is 0 Å². The number of fused-ring (bicyclic) bond motifs is 1. The molecule has 0 aromatic carbocycles. The topological polar surface area (TPSA) is 61.8 Å². The van der Waals surface area contributed by atoms with Crippen LogP contribution in [-0.4, -0.2) is 18.7 Å². The molecule has 19 heavy (non-hydrogen) atoms. The maximum Gasteiger partial charge on any atom is 0.332 e. The molecule has 0 saturated heterocycles. The molecule has 0 aliphatic rings. The second-order valence-electron chi connectivity index (χ2n) is 4.18. The van der Waals surface area contributed by atoms with Crippen molar-refractivity contribution in [1.29, 1.82) is 0 Å². The van der Waals surface area contributed by atoms with Gasteiger partial charge in [-0.25, -0.2) is 9.78 Å². The molecule has 0 amide bonds. The molecule has 2 rings (SSSR count). The van der Waals surface area contributed by atoms with Gasteiger partial charge in [-0.1, -0.05) is 27.2 Å². The van der Waals surface area contributed by atoms with Crippen LogP contribution in [0, 0.1) is 0 Å². The minimum Gasteiger partial charge on any atom is -0.328 e. The van der Waals surface area contributed by atoms with E-state index in [1.54, 1.807) is 25.0 Å². The average molecular weight is 266 g/mol. The highest BCUT2D eigenvalue weighted by Gasteiger charge is 2.13. The molecule has 2 aromatic rings. The lowest BCUT2D eigenvalue weighted by molar-refractivity contribution is 0.565. The Hall–Kier alpha value is -1.85. The minimum atomic E-state index is -0.297. The molecule has 0 fully saturated rings. The predicted molar refractivity (Wildman–Crippen MR) is 76.5 cm³/mol. The first kappa shape index (κ1) is 15.2. The Labute approximate surface area is 112 Å². The van der Waals surface area contributed by atoms with Crippen LogP contribution in [0.3, 0.4) is 0 Å². The molecule has 6 nitrogen and oxygen atoms in total. The zero-order valence-corrected chi connectivity index (χ0v) is 12.3. The van der Waals surface area contributed by atoms with Gasteiger partial charge in [0, 0.05) is 20.6 Å². The monoisotopic (exact) mass is 266 g/mol. The summed E-state index contributed by atoms with van der Waals surface area (Å²) in [5.41, 5.74) is 0.365. The third kappa shape index (κ3) is 2.62. The Bertz CT molecular complexity index is 664. The van der Waals surface area contributed by atoms with E-state index in [0.717, 1.165) is 12.8 Å². The van der Waals surface area contributed by atoms with Crippen LogP contribution in [0.4, 0.5) is 0 Å². The Morgan fingerprint density at radius 2 is 1.84 bits per heavy atom. The zero-order chi connectivity index (χ0) is 14.6. The summed E-state index contributed by atoms with van der Waals surface area (Å²) in [5, 5.41) is 0. The summed E-state index contributed by atoms with van der Waals surface area (Å²) in [7, 11) is 3.39. The Morgan fingerprint density at radius 1 is 1.21 bits per heavy atom. The average Bonchev–Trinajstić information content (AvgIpc) is 2.81. The van der Waals surface area contributed by atoms with Crippen LogP contribution < -0.4 is 11.2 Å². The highest BCUT2D eigenvalue weighted by molar-refractivity contribution is 5.69. The molecular formula is C13H22N4O2. The van der Waals surface area contributed by atoms with Gasteiger partial charge in [0.2, 0.25) is 0 Å². The van der Waals surface area contributed by atoms with Crippen molar-refractivity contribution in [2.45, 2.75) is 40.2 Å². The van der Waals surface area contributed by atoms with Gasteiger partial charge < -0.3 is 4.57 Å². The summed E-state index contributed by atoms with van der Waals surface area (Å²) in [6.45, 7) is 6.49. The number of aryl methyl sites for hydroxylation is 2. The van der Waals surface area contributed by atoms with Crippen LogP contribution in [0.2, 0.25) is 0 Å². The van der Waals surface area contributed by atoms with Gasteiger partial charge >= 0.3 is 5.69 Å². The molecule has 0 N–H and O–H groups in total. The summed E-state index contributed by atoms with van der Waals surface area (Å²) in [6, 6.07) is 0. The lowest BCUT2D eigenvalue weighted by Gasteiger charge is -2.07. The SMILES string of the molecule is CC.CCCCn1c(=O)c2c(ncn2C)n(C)c1=O. The third-order valence-electron chi connectivity index (χ3n) is 2.94. The van der Waals surface area contributed by atoms with Crippen molar-refractivity contribution in [2.24, 2.45) is 14.1 Å². The van der Waals surface area contributed by atoms with Crippen LogP contribution in [0.15, 0.2) is 15.9 Å². The molecule has 0 saturated carbocycles. The van der Waals surface area contributed by atoms with Gasteiger partial charge in [-0.05, 0) is 6.42 Å². The van der Waals surface area contributed by atoms with E-state index in [-0.39, 0.29) is 11.2 Å². The fourth-order valence-electron chi connectivity index (χ4n) is 1.91. The number of hydrogen-bond acceptors (Lipinski definition) is 3. The fourth-order valence-corrected chi connectivity index (χ4v) is 1.91. The first-order valence-corrected chi connectivity index (χ1v) is 6.68. The zero-order valence-electron chi connectivity index (χ0n) is 12.3. The minimum absolute atomic E-state index is 0.253. The molecule has 0 atom stereocenters. The number of unbranched alkanes of at least 4 members (excludes halogenated alkanes) is 1. The summed E-state index contributed by atoms with van der Waals surface area (Å²) in [6.07, 6.45) is 3.31. The number of aromatic nitrogens is 4. The van der Waals surface area contributed by atoms with Gasteiger partial charge in [0.15, 0.2) is 11.2 Å². The molecule has 2 heterocycles. The molecule has 0 unspecified atom stereocenters. The lowest BCUT2D eigenvalue weighted by Crippen LogP contribution is -2.39. The molecule has 106 valence electrons. The van der Waals surface area contributed by atoms with E-state index >= 15 is 0 Å². The van der Waals surface area contributed by atoms with Crippen molar-refractivity contribution in [2.75, 3.05) is 0 Å². The highest BCUT2D eigenvalue weighted by Crippen LogP contribution is 2.03. The molecule has 0 aliphatic heterocycles. The number of imidazole rings is 1. The third-order valence-corrected chi connectivity index (χ3v) is 2.94. The van der Waals surface area contributed by atoms with Gasteiger partial charge in [-0.15, -0.1) is 0 Å². The summed E-state index contributed by atoms with van der Waals surface area (Å²) in [4.78, 5) is 28.2. The van der Waals surface area contributed by atoms with Crippen molar-refractivity contribution in [3.05, 3.63) is 27.2 Å². The maximum absolute atomic E-state index is 12.2. The Balaban J connectivity index is 0.000000861. The second kappa shape index (κ2) is 6.36. The number of hydrogen-bond donors (Lipinski definition) is 0. The second-order valence-corrected chi connectivity index (χ2v) is 4.18. The molecule has 0 radical (unpaired) electrons. The quantitative estimate of drug-likeness (QED) is 0.840. The largest absolute Gasteiger partial charge is 0.332 e. The summed E-state index contributed by atoms with van der Waals surface area (Å²) in [5.74, 6) is 0.